The molecule has 246 valence electrons. The van der Waals surface area contributed by atoms with E-state index in [1.54, 1.807) is 31.3 Å². The number of aromatic nitrogens is 4. The van der Waals surface area contributed by atoms with Crippen LogP contribution in [0.3, 0.4) is 0 Å². The van der Waals surface area contributed by atoms with E-state index in [2.05, 4.69) is 20.2 Å². The molecule has 1 aliphatic heterocycles. The highest BCUT2D eigenvalue weighted by Gasteiger charge is 2.60. The predicted octanol–water partition coefficient (Wildman–Crippen LogP) is 6.05. The number of tetrazole rings is 1. The standard InChI is InChI=1S/C33H33Cl2FN6O4S/c1-41-29(37-39-40-41)18-28-32(43)42(30(21-11-13-23(34)14-12-21)31(46-28)22-5-4-6-24(35)17-22)27(20-9-10-20)19-33(15-16-33)47(44,45)38-26-8-3-2-7-25(26)36/h2-8,11-14,17,20,27-28,30-31,38H,9-10,15-16,18-19H2,1H3/t27-,28+,30+,31+/m0/s1. The van der Waals surface area contributed by atoms with E-state index < -0.39 is 44.9 Å². The number of nitrogens with one attached hydrogen (secondary N) is 1. The molecule has 7 rings (SSSR count). The number of morpholine rings is 1. The number of sulfonamides is 1. The molecule has 0 unspecified atom stereocenters. The van der Waals surface area contributed by atoms with Crippen LogP contribution in [0.25, 0.3) is 0 Å². The number of hydrogen-bond donors (Lipinski definition) is 1. The van der Waals surface area contributed by atoms with Crippen molar-refractivity contribution in [2.45, 2.75) is 67.6 Å². The van der Waals surface area contributed by atoms with Gasteiger partial charge in [0.1, 0.15) is 18.0 Å². The fraction of sp³-hybridized carbons (Fsp3) is 0.394. The summed E-state index contributed by atoms with van der Waals surface area (Å²) in [7, 11) is -2.33. The van der Waals surface area contributed by atoms with E-state index in [0.29, 0.717) is 28.7 Å². The van der Waals surface area contributed by atoms with Crippen LogP contribution in [0, 0.1) is 11.7 Å². The summed E-state index contributed by atoms with van der Waals surface area (Å²) in [6.45, 7) is 0. The van der Waals surface area contributed by atoms with Crippen LogP contribution in [0.5, 0.6) is 0 Å². The maximum absolute atomic E-state index is 14.8. The van der Waals surface area contributed by atoms with E-state index in [1.807, 2.05) is 35.2 Å². The number of amides is 1. The van der Waals surface area contributed by atoms with Crippen LogP contribution in [0.15, 0.2) is 72.8 Å². The van der Waals surface area contributed by atoms with Crippen molar-refractivity contribution in [2.75, 3.05) is 4.72 Å². The smallest absolute Gasteiger partial charge is 0.253 e. The Bertz CT molecular complexity index is 1900. The number of aryl methyl sites for hydroxylation is 1. The average Bonchev–Trinajstić information content (AvgIpc) is 3.98. The van der Waals surface area contributed by atoms with E-state index in [4.69, 9.17) is 27.9 Å². The molecule has 1 aromatic heterocycles. The molecule has 14 heteroatoms. The Balaban J connectivity index is 1.32. The summed E-state index contributed by atoms with van der Waals surface area (Å²) in [5.74, 6) is -0.387. The van der Waals surface area contributed by atoms with E-state index in [0.717, 1.165) is 24.0 Å². The van der Waals surface area contributed by atoms with E-state index >= 15 is 0 Å². The summed E-state index contributed by atoms with van der Waals surface area (Å²) < 4.78 is 52.0. The van der Waals surface area contributed by atoms with Crippen LogP contribution >= 0.6 is 23.2 Å². The molecule has 2 saturated carbocycles. The van der Waals surface area contributed by atoms with Crippen LogP contribution in [0.2, 0.25) is 10.0 Å². The molecule has 0 radical (unpaired) electrons. The summed E-state index contributed by atoms with van der Waals surface area (Å²) >= 11 is 12.8. The topological polar surface area (TPSA) is 119 Å². The van der Waals surface area contributed by atoms with Gasteiger partial charge in [-0.3, -0.25) is 9.52 Å². The van der Waals surface area contributed by atoms with Crippen molar-refractivity contribution in [3.05, 3.63) is 106 Å². The summed E-state index contributed by atoms with van der Waals surface area (Å²) in [6.07, 6.45) is 1.17. The summed E-state index contributed by atoms with van der Waals surface area (Å²) in [5.41, 5.74) is 1.46. The van der Waals surface area contributed by atoms with E-state index in [-0.39, 0.29) is 30.4 Å². The molecule has 2 heterocycles. The normalized spacial score (nSPS) is 23.0. The molecule has 3 aromatic carbocycles. The van der Waals surface area contributed by atoms with Gasteiger partial charge in [-0.15, -0.1) is 5.10 Å². The van der Waals surface area contributed by atoms with Crippen LogP contribution in [-0.2, 0) is 33.0 Å². The molecule has 47 heavy (non-hydrogen) atoms. The first-order chi connectivity index (χ1) is 22.5. The fourth-order valence-corrected chi connectivity index (χ4v) is 8.69. The molecule has 2 aliphatic carbocycles. The summed E-state index contributed by atoms with van der Waals surface area (Å²) in [4.78, 5) is 16.6. The van der Waals surface area contributed by atoms with Gasteiger partial charge in [0.2, 0.25) is 10.0 Å². The Kier molecular flexibility index (Phi) is 8.48. The second kappa shape index (κ2) is 12.5. The average molecular weight is 700 g/mol. The number of ether oxygens (including phenoxy) is 1. The number of halogens is 3. The van der Waals surface area contributed by atoms with Crippen LogP contribution in [0.4, 0.5) is 10.1 Å². The van der Waals surface area contributed by atoms with Crippen LogP contribution in [0.1, 0.15) is 61.2 Å². The maximum Gasteiger partial charge on any atom is 0.253 e. The second-order valence-corrected chi connectivity index (χ2v) is 15.6. The van der Waals surface area contributed by atoms with Gasteiger partial charge < -0.3 is 9.64 Å². The summed E-state index contributed by atoms with van der Waals surface area (Å²) in [6, 6.07) is 19.2. The Morgan fingerprint density at radius 2 is 1.77 bits per heavy atom. The van der Waals surface area contributed by atoms with Crippen molar-refractivity contribution < 1.29 is 22.3 Å². The lowest BCUT2D eigenvalue weighted by molar-refractivity contribution is -0.180. The van der Waals surface area contributed by atoms with Gasteiger partial charge in [-0.05, 0) is 96.0 Å². The Morgan fingerprint density at radius 1 is 1.02 bits per heavy atom. The number of nitrogens with zero attached hydrogens (tertiary/aromatic N) is 5. The molecule has 4 atom stereocenters. The lowest BCUT2D eigenvalue weighted by Crippen LogP contribution is -2.57. The van der Waals surface area contributed by atoms with Gasteiger partial charge in [0.25, 0.3) is 5.91 Å². The van der Waals surface area contributed by atoms with Crippen molar-refractivity contribution in [3.63, 3.8) is 0 Å². The molecule has 3 aliphatic rings. The highest BCUT2D eigenvalue weighted by Crippen LogP contribution is 2.55. The monoisotopic (exact) mass is 698 g/mol. The Labute approximate surface area is 282 Å². The zero-order valence-electron chi connectivity index (χ0n) is 25.5. The van der Waals surface area contributed by atoms with Gasteiger partial charge in [0.15, 0.2) is 5.82 Å². The number of benzene rings is 3. The Morgan fingerprint density at radius 3 is 2.40 bits per heavy atom. The minimum atomic E-state index is -4.02. The quantitative estimate of drug-likeness (QED) is 0.203. The van der Waals surface area contributed by atoms with Crippen LogP contribution < -0.4 is 4.72 Å². The first kappa shape index (κ1) is 32.0. The number of hydrogen-bond acceptors (Lipinski definition) is 7. The van der Waals surface area contributed by atoms with Gasteiger partial charge in [0, 0.05) is 29.6 Å². The van der Waals surface area contributed by atoms with Crippen molar-refractivity contribution >= 4 is 44.8 Å². The highest BCUT2D eigenvalue weighted by molar-refractivity contribution is 7.94. The molecule has 10 nitrogen and oxygen atoms in total. The van der Waals surface area contributed by atoms with Crippen molar-refractivity contribution in [3.8, 4) is 0 Å². The SMILES string of the molecule is Cn1nnnc1C[C@H]1O[C@H](c2cccc(Cl)c2)[C@@H](c2ccc(Cl)cc2)N([C@@H](CC2(S(=O)(=O)Nc3ccccc3F)CC2)C2CC2)C1=O. The first-order valence-electron chi connectivity index (χ1n) is 15.5. The Hall–Kier alpha value is -3.58. The lowest BCUT2D eigenvalue weighted by Gasteiger charge is -2.49. The van der Waals surface area contributed by atoms with Gasteiger partial charge in [0.05, 0.1) is 16.5 Å². The van der Waals surface area contributed by atoms with E-state index in [9.17, 15) is 17.6 Å². The van der Waals surface area contributed by atoms with Gasteiger partial charge in [-0.1, -0.05) is 59.6 Å². The number of para-hydroxylation sites is 1. The largest absolute Gasteiger partial charge is 0.357 e. The number of carbonyl (C=O) groups is 1. The van der Waals surface area contributed by atoms with Crippen molar-refractivity contribution in [1.29, 1.82) is 0 Å². The summed E-state index contributed by atoms with van der Waals surface area (Å²) in [5, 5.41) is 12.8. The molecule has 1 amide bonds. The minimum Gasteiger partial charge on any atom is -0.357 e. The van der Waals surface area contributed by atoms with Crippen LogP contribution in [-0.4, -0.2) is 56.3 Å². The van der Waals surface area contributed by atoms with Gasteiger partial charge in [-0.25, -0.2) is 17.5 Å². The van der Waals surface area contributed by atoms with E-state index in [1.165, 1.54) is 22.9 Å². The third-order valence-electron chi connectivity index (χ3n) is 9.49. The molecule has 0 bridgehead atoms. The lowest BCUT2D eigenvalue weighted by atomic mass is 9.88. The second-order valence-electron chi connectivity index (χ2n) is 12.6. The molecule has 4 aromatic rings. The third-order valence-corrected chi connectivity index (χ3v) is 12.2. The fourth-order valence-electron chi connectivity index (χ4n) is 6.66. The zero-order chi connectivity index (χ0) is 32.9. The van der Waals surface area contributed by atoms with Gasteiger partial charge in [-0.2, -0.15) is 0 Å². The zero-order valence-corrected chi connectivity index (χ0v) is 27.8. The number of anilines is 1. The predicted molar refractivity (Wildman–Crippen MR) is 175 cm³/mol. The van der Waals surface area contributed by atoms with Gasteiger partial charge >= 0.3 is 0 Å². The number of carbonyl (C=O) groups excluding carboxylic acids is 1. The van der Waals surface area contributed by atoms with Crippen molar-refractivity contribution in [2.24, 2.45) is 13.0 Å². The minimum absolute atomic E-state index is 0.0742. The van der Waals surface area contributed by atoms with Crippen molar-refractivity contribution in [1.82, 2.24) is 25.1 Å². The molecule has 0 spiro atoms. The first-order valence-corrected chi connectivity index (χ1v) is 17.8. The molecule has 1 N–H and O–H groups in total. The highest BCUT2D eigenvalue weighted by atomic mass is 35.5. The molecular formula is C33H33Cl2FN6O4S. The maximum atomic E-state index is 14.8. The number of rotatable bonds is 11. The molecule has 3 fully saturated rings. The molecule has 1 saturated heterocycles. The third kappa shape index (κ3) is 6.36. The molecular weight excluding hydrogens is 666 g/mol.